The minimum atomic E-state index is -0.535. The lowest BCUT2D eigenvalue weighted by atomic mass is 10.0. The maximum absolute atomic E-state index is 13.1. The van der Waals surface area contributed by atoms with Crippen molar-refractivity contribution in [3.63, 3.8) is 0 Å². The normalized spacial score (nSPS) is 11.1. The highest BCUT2D eigenvalue weighted by Gasteiger charge is 2.21. The molecule has 0 saturated carbocycles. The zero-order valence-corrected chi connectivity index (χ0v) is 13.7. The molecule has 3 rings (SSSR count). The first kappa shape index (κ1) is 16.0. The second-order valence-corrected chi connectivity index (χ2v) is 5.95. The molecule has 0 saturated heterocycles. The van der Waals surface area contributed by atoms with Gasteiger partial charge >= 0.3 is 0 Å². The molecular formula is C19H19N3O2. The van der Waals surface area contributed by atoms with Gasteiger partial charge in [-0.3, -0.25) is 14.2 Å². The van der Waals surface area contributed by atoms with E-state index in [1.807, 2.05) is 49.3 Å². The Hall–Kier alpha value is -2.92. The van der Waals surface area contributed by atoms with Crippen LogP contribution in [0.2, 0.25) is 0 Å². The molecule has 5 heteroatoms. The van der Waals surface area contributed by atoms with E-state index in [0.717, 1.165) is 0 Å². The molecule has 0 aliphatic heterocycles. The first-order chi connectivity index (χ1) is 11.5. The van der Waals surface area contributed by atoms with E-state index in [1.165, 1.54) is 0 Å². The van der Waals surface area contributed by atoms with Crippen LogP contribution in [-0.4, -0.2) is 29.5 Å². The van der Waals surface area contributed by atoms with Gasteiger partial charge in [0.15, 0.2) is 0 Å². The number of hydrogen-bond donors (Lipinski definition) is 1. The van der Waals surface area contributed by atoms with Gasteiger partial charge in [0.2, 0.25) is 0 Å². The SMILES string of the molecule is CN(C)Cc1c(C(N)=O)c2ccccc2c(=O)n1-c1ccccc1. The predicted octanol–water partition coefficient (Wildman–Crippen LogP) is 2.15. The third-order valence-electron chi connectivity index (χ3n) is 3.92. The Kier molecular flexibility index (Phi) is 4.18. The van der Waals surface area contributed by atoms with Crippen LogP contribution in [0.3, 0.4) is 0 Å². The van der Waals surface area contributed by atoms with Crippen molar-refractivity contribution < 1.29 is 4.79 Å². The predicted molar refractivity (Wildman–Crippen MR) is 95.5 cm³/mol. The maximum Gasteiger partial charge on any atom is 0.263 e. The van der Waals surface area contributed by atoms with E-state index in [9.17, 15) is 9.59 Å². The largest absolute Gasteiger partial charge is 0.366 e. The third kappa shape index (κ3) is 2.70. The summed E-state index contributed by atoms with van der Waals surface area (Å²) in [7, 11) is 3.78. The Bertz CT molecular complexity index is 960. The van der Waals surface area contributed by atoms with Crippen LogP contribution in [0.4, 0.5) is 0 Å². The number of pyridine rings is 1. The Labute approximate surface area is 139 Å². The number of nitrogens with two attached hydrogens (primary N) is 1. The Morgan fingerprint density at radius 3 is 2.17 bits per heavy atom. The molecule has 0 fully saturated rings. The summed E-state index contributed by atoms with van der Waals surface area (Å²) in [5.74, 6) is -0.535. The summed E-state index contributed by atoms with van der Waals surface area (Å²) in [6.07, 6.45) is 0. The molecule has 1 amide bonds. The maximum atomic E-state index is 13.1. The van der Waals surface area contributed by atoms with E-state index in [2.05, 4.69) is 0 Å². The summed E-state index contributed by atoms with van der Waals surface area (Å²) in [6, 6.07) is 16.4. The molecular weight excluding hydrogens is 302 g/mol. The summed E-state index contributed by atoms with van der Waals surface area (Å²) < 4.78 is 1.59. The highest BCUT2D eigenvalue weighted by Crippen LogP contribution is 2.23. The van der Waals surface area contributed by atoms with Crippen LogP contribution >= 0.6 is 0 Å². The van der Waals surface area contributed by atoms with Crippen LogP contribution in [0, 0.1) is 0 Å². The quantitative estimate of drug-likeness (QED) is 0.800. The van der Waals surface area contributed by atoms with Gasteiger partial charge in [-0.05, 0) is 32.3 Å². The van der Waals surface area contributed by atoms with Crippen LogP contribution in [0.5, 0.6) is 0 Å². The minimum Gasteiger partial charge on any atom is -0.366 e. The summed E-state index contributed by atoms with van der Waals surface area (Å²) in [5, 5.41) is 1.08. The van der Waals surface area contributed by atoms with Crippen molar-refractivity contribution in [1.82, 2.24) is 9.47 Å². The van der Waals surface area contributed by atoms with Crippen molar-refractivity contribution in [2.75, 3.05) is 14.1 Å². The fourth-order valence-corrected chi connectivity index (χ4v) is 2.97. The molecule has 0 aliphatic carbocycles. The molecule has 2 aromatic carbocycles. The molecule has 122 valence electrons. The molecule has 0 radical (unpaired) electrons. The van der Waals surface area contributed by atoms with E-state index in [-0.39, 0.29) is 5.56 Å². The number of rotatable bonds is 4. The topological polar surface area (TPSA) is 68.3 Å². The van der Waals surface area contributed by atoms with Crippen LogP contribution in [0.15, 0.2) is 59.4 Å². The average Bonchev–Trinajstić information content (AvgIpc) is 2.55. The molecule has 0 aliphatic rings. The second kappa shape index (κ2) is 6.29. The van der Waals surface area contributed by atoms with Gasteiger partial charge in [-0.15, -0.1) is 0 Å². The van der Waals surface area contributed by atoms with Gasteiger partial charge in [-0.2, -0.15) is 0 Å². The summed E-state index contributed by atoms with van der Waals surface area (Å²) in [6.45, 7) is 0.424. The Morgan fingerprint density at radius 2 is 1.58 bits per heavy atom. The number of benzene rings is 2. The number of aromatic nitrogens is 1. The monoisotopic (exact) mass is 321 g/mol. The number of hydrogen-bond acceptors (Lipinski definition) is 3. The minimum absolute atomic E-state index is 0.154. The van der Waals surface area contributed by atoms with Gasteiger partial charge in [-0.1, -0.05) is 36.4 Å². The summed E-state index contributed by atoms with van der Waals surface area (Å²) in [4.78, 5) is 27.2. The average molecular weight is 321 g/mol. The number of carbonyl (C=O) groups is 1. The first-order valence-electron chi connectivity index (χ1n) is 7.67. The molecule has 24 heavy (non-hydrogen) atoms. The van der Waals surface area contributed by atoms with Gasteiger partial charge in [0.1, 0.15) is 0 Å². The number of nitrogens with zero attached hydrogens (tertiary/aromatic N) is 2. The summed E-state index contributed by atoms with van der Waals surface area (Å²) >= 11 is 0. The van der Waals surface area contributed by atoms with E-state index >= 15 is 0 Å². The second-order valence-electron chi connectivity index (χ2n) is 5.95. The van der Waals surface area contributed by atoms with Crippen molar-refractivity contribution >= 4 is 16.7 Å². The van der Waals surface area contributed by atoms with Crippen molar-refractivity contribution in [1.29, 1.82) is 0 Å². The van der Waals surface area contributed by atoms with E-state index in [1.54, 1.807) is 28.8 Å². The first-order valence-corrected chi connectivity index (χ1v) is 7.67. The van der Waals surface area contributed by atoms with Crippen molar-refractivity contribution in [2.24, 2.45) is 5.73 Å². The van der Waals surface area contributed by atoms with Crippen LogP contribution in [0.1, 0.15) is 16.1 Å². The molecule has 1 heterocycles. The highest BCUT2D eigenvalue weighted by atomic mass is 16.1. The molecule has 5 nitrogen and oxygen atoms in total. The molecule has 2 N–H and O–H groups in total. The van der Waals surface area contributed by atoms with Gasteiger partial charge in [0, 0.05) is 23.0 Å². The van der Waals surface area contributed by atoms with Gasteiger partial charge in [-0.25, -0.2) is 0 Å². The summed E-state index contributed by atoms with van der Waals surface area (Å²) in [5.41, 5.74) is 7.23. The van der Waals surface area contributed by atoms with Crippen LogP contribution < -0.4 is 11.3 Å². The lowest BCUT2D eigenvalue weighted by Gasteiger charge is -2.21. The molecule has 0 unspecified atom stereocenters. The fraction of sp³-hybridized carbons (Fsp3) is 0.158. The number of fused-ring (bicyclic) bond motifs is 1. The van der Waals surface area contributed by atoms with Gasteiger partial charge < -0.3 is 10.6 Å². The molecule has 0 spiro atoms. The highest BCUT2D eigenvalue weighted by molar-refractivity contribution is 6.07. The number of amides is 1. The van der Waals surface area contributed by atoms with E-state index < -0.39 is 5.91 Å². The van der Waals surface area contributed by atoms with Crippen molar-refractivity contribution in [2.45, 2.75) is 6.54 Å². The van der Waals surface area contributed by atoms with Crippen molar-refractivity contribution in [3.05, 3.63) is 76.2 Å². The standard InChI is InChI=1S/C19H19N3O2/c1-21(2)12-16-17(18(20)23)14-10-6-7-11-15(14)19(24)22(16)13-8-4-3-5-9-13/h3-11H,12H2,1-2H3,(H2,20,23). The fourth-order valence-electron chi connectivity index (χ4n) is 2.97. The van der Waals surface area contributed by atoms with E-state index in [0.29, 0.717) is 34.3 Å². The molecule has 1 aromatic heterocycles. The smallest absolute Gasteiger partial charge is 0.263 e. The van der Waals surface area contributed by atoms with E-state index in [4.69, 9.17) is 5.73 Å². The number of primary amides is 1. The van der Waals surface area contributed by atoms with Crippen LogP contribution in [0.25, 0.3) is 16.5 Å². The number of para-hydroxylation sites is 1. The zero-order valence-electron chi connectivity index (χ0n) is 13.7. The van der Waals surface area contributed by atoms with Crippen molar-refractivity contribution in [3.8, 4) is 5.69 Å². The third-order valence-corrected chi connectivity index (χ3v) is 3.92. The molecule has 3 aromatic rings. The Morgan fingerprint density at radius 1 is 1.00 bits per heavy atom. The van der Waals surface area contributed by atoms with Crippen LogP contribution in [-0.2, 0) is 6.54 Å². The van der Waals surface area contributed by atoms with Gasteiger partial charge in [0.05, 0.1) is 11.3 Å². The Balaban J connectivity index is 2.51. The molecule has 0 bridgehead atoms. The number of carbonyl (C=O) groups excluding carboxylic acids is 1. The lowest BCUT2D eigenvalue weighted by molar-refractivity contribution is 0.0999. The zero-order chi connectivity index (χ0) is 17.3. The van der Waals surface area contributed by atoms with Gasteiger partial charge in [0.25, 0.3) is 11.5 Å². The molecule has 0 atom stereocenters. The lowest BCUT2D eigenvalue weighted by Crippen LogP contribution is -2.30.